The summed E-state index contributed by atoms with van der Waals surface area (Å²) in [5, 5.41) is 4.52. The minimum Gasteiger partial charge on any atom is -0.459 e. The summed E-state index contributed by atoms with van der Waals surface area (Å²) in [7, 11) is 3.77. The number of hydrogen-bond donors (Lipinski definition) is 0. The van der Waals surface area contributed by atoms with Crippen molar-refractivity contribution >= 4 is 68.1 Å². The maximum atomic E-state index is 14.9. The molecule has 12 rings (SSSR count). The van der Waals surface area contributed by atoms with E-state index in [2.05, 4.69) is 97.1 Å². The van der Waals surface area contributed by atoms with E-state index in [1.165, 1.54) is 59.0 Å². The zero-order valence-electron chi connectivity index (χ0n) is 38.9. The Morgan fingerprint density at radius 3 is 1.50 bits per heavy atom. The second-order valence-corrected chi connectivity index (χ2v) is 20.1. The molecule has 0 bridgehead atoms. The summed E-state index contributed by atoms with van der Waals surface area (Å²) in [6.45, 7) is 14.5. The Balaban J connectivity index is 0.000000146. The summed E-state index contributed by atoms with van der Waals surface area (Å²) in [6, 6.07) is 28.8. The van der Waals surface area contributed by atoms with Gasteiger partial charge in [-0.3, -0.25) is 9.98 Å². The lowest BCUT2D eigenvalue weighted by Gasteiger charge is -2.45. The van der Waals surface area contributed by atoms with Crippen LogP contribution < -0.4 is 29.1 Å². The molecule has 6 aliphatic rings. The number of fused-ring (bicyclic) bond motifs is 8. The molecule has 11 heteroatoms. The predicted molar refractivity (Wildman–Crippen MR) is 263 cm³/mol. The van der Waals surface area contributed by atoms with Gasteiger partial charge >= 0.3 is 0 Å². The quantitative estimate of drug-likeness (QED) is 0.161. The van der Waals surface area contributed by atoms with Gasteiger partial charge < -0.3 is 29.1 Å². The molecule has 2 fully saturated rings. The molecular weight excluding hydrogens is 834 g/mol. The van der Waals surface area contributed by atoms with E-state index in [1.807, 2.05) is 44.3 Å². The fourth-order valence-electron chi connectivity index (χ4n) is 11.8. The maximum absolute atomic E-state index is 14.9. The summed E-state index contributed by atoms with van der Waals surface area (Å²) in [5.74, 6) is -2.43. The fourth-order valence-corrected chi connectivity index (χ4v) is 11.8. The van der Waals surface area contributed by atoms with Gasteiger partial charge in [0.1, 0.15) is 11.4 Å². The molecule has 2 spiro atoms. The first kappa shape index (κ1) is 42.4. The number of hydrogen-bond acceptors (Lipinski definition) is 8. The van der Waals surface area contributed by atoms with Crippen molar-refractivity contribution in [3.63, 3.8) is 0 Å². The lowest BCUT2D eigenvalue weighted by molar-refractivity contribution is 0.0824. The number of likely N-dealkylation sites (N-methyl/N-ethyl adjacent to an activating group) is 2. The van der Waals surface area contributed by atoms with Crippen molar-refractivity contribution in [2.45, 2.75) is 95.4 Å². The lowest BCUT2D eigenvalue weighted by atomic mass is 9.77. The highest BCUT2D eigenvalue weighted by molar-refractivity contribution is 6.07. The van der Waals surface area contributed by atoms with Crippen LogP contribution in [0.15, 0.2) is 94.9 Å². The molecule has 6 aliphatic heterocycles. The zero-order chi connectivity index (χ0) is 45.9. The van der Waals surface area contributed by atoms with Crippen molar-refractivity contribution in [1.29, 1.82) is 0 Å². The first-order valence-corrected chi connectivity index (χ1v) is 23.6. The van der Waals surface area contributed by atoms with Gasteiger partial charge in [-0.05, 0) is 102 Å². The molecule has 2 unspecified atom stereocenters. The predicted octanol–water partition coefficient (Wildman–Crippen LogP) is 12.8. The maximum Gasteiger partial charge on any atom is 0.228 e. The monoisotopic (exact) mass is 890 g/mol. The smallest absolute Gasteiger partial charge is 0.228 e. The number of halogens is 3. The molecule has 0 aromatic heterocycles. The molecule has 0 amide bonds. The Labute approximate surface area is 385 Å². The number of ether oxygens (including phenoxy) is 2. The van der Waals surface area contributed by atoms with Gasteiger partial charge in [0, 0.05) is 91.0 Å². The van der Waals surface area contributed by atoms with Crippen LogP contribution in [0.2, 0.25) is 0 Å². The van der Waals surface area contributed by atoms with Crippen molar-refractivity contribution in [2.24, 2.45) is 9.98 Å². The van der Waals surface area contributed by atoms with E-state index in [0.717, 1.165) is 73.0 Å². The number of anilines is 4. The average molecular weight is 891 g/mol. The van der Waals surface area contributed by atoms with Crippen molar-refractivity contribution in [3.05, 3.63) is 119 Å². The second-order valence-electron chi connectivity index (χ2n) is 20.1. The molecule has 340 valence electrons. The van der Waals surface area contributed by atoms with E-state index in [4.69, 9.17) is 19.5 Å². The van der Waals surface area contributed by atoms with Crippen molar-refractivity contribution in [3.8, 4) is 11.5 Å². The van der Waals surface area contributed by atoms with Gasteiger partial charge in [0.15, 0.2) is 29.0 Å². The first-order valence-electron chi connectivity index (χ1n) is 23.6. The molecule has 6 aromatic carbocycles. The molecule has 0 aliphatic carbocycles. The van der Waals surface area contributed by atoms with Crippen LogP contribution in [-0.4, -0.2) is 64.2 Å². The molecule has 6 heterocycles. The van der Waals surface area contributed by atoms with Gasteiger partial charge in [0.2, 0.25) is 11.4 Å². The molecule has 0 radical (unpaired) electrons. The van der Waals surface area contributed by atoms with E-state index < -0.39 is 34.3 Å². The Kier molecular flexibility index (Phi) is 9.74. The lowest BCUT2D eigenvalue weighted by Crippen LogP contribution is -2.61. The van der Waals surface area contributed by atoms with Crippen molar-refractivity contribution in [2.75, 3.05) is 59.9 Å². The molecule has 8 nitrogen and oxygen atoms in total. The van der Waals surface area contributed by atoms with Gasteiger partial charge in [0.05, 0.1) is 28.9 Å². The summed E-state index contributed by atoms with van der Waals surface area (Å²) in [6.07, 6.45) is 11.0. The van der Waals surface area contributed by atoms with Gasteiger partial charge in [0.25, 0.3) is 0 Å². The Morgan fingerprint density at radius 1 is 0.515 bits per heavy atom. The Morgan fingerprint density at radius 2 is 0.985 bits per heavy atom. The summed E-state index contributed by atoms with van der Waals surface area (Å²) < 4.78 is 57.1. The third kappa shape index (κ3) is 5.96. The number of aryl methyl sites for hydroxylation is 1. The molecule has 0 saturated carbocycles. The fraction of sp³-hybridized carbons (Fsp3) is 0.382. The highest BCUT2D eigenvalue weighted by Gasteiger charge is 2.61. The Bertz CT molecular complexity index is 3030. The summed E-state index contributed by atoms with van der Waals surface area (Å²) in [4.78, 5) is 18.6. The van der Waals surface area contributed by atoms with Crippen molar-refractivity contribution < 1.29 is 22.6 Å². The first-order chi connectivity index (χ1) is 31.7. The number of benzene rings is 6. The van der Waals surface area contributed by atoms with Gasteiger partial charge in [-0.2, -0.15) is 0 Å². The van der Waals surface area contributed by atoms with Crippen LogP contribution in [0.1, 0.15) is 82.9 Å². The van der Waals surface area contributed by atoms with Crippen LogP contribution in [0.3, 0.4) is 0 Å². The SMILES string of the molecule is CN1c2c(cc(F)c(F)c2F)C(C)(C)C12C=Nc1c(cc(N3CCCCC3)c3ccccc13)O2.Cc1ccc2c(c1)N(C)C1(C=Nc3c(cc(N4CCCCC4)c4ccccc34)O1)C2(C)C. The van der Waals surface area contributed by atoms with Gasteiger partial charge in [-0.15, -0.1) is 0 Å². The standard InChI is InChI=1S/C28H31N3O.C27H26F3N3O/c1-19-12-13-22-24(16-19)30(4)28(27(22,2)3)18-29-26-21-11-7-6-10-20(21)23(17-25(26)32-28)31-14-8-5-9-15-31;1-26(2)18-13-19(28)22(29)23(30)25(18)32(3)27(26)15-31-24-17-10-6-5-9-16(17)20(14-21(24)34-27)33-11-7-4-8-12-33/h6-7,10-13,16-18H,5,8-9,14-15H2,1-4H3;5-6,9-10,13-15H,4,7-8,11-12H2,1-3H3. The molecule has 6 aromatic rings. The number of aliphatic imine (C=N–C) groups is 2. The summed E-state index contributed by atoms with van der Waals surface area (Å²) in [5.41, 5.74) is 5.08. The largest absolute Gasteiger partial charge is 0.459 e. The molecular formula is C55H57F3N6O2. The normalized spacial score (nSPS) is 23.1. The van der Waals surface area contributed by atoms with E-state index in [-0.39, 0.29) is 11.1 Å². The molecule has 2 atom stereocenters. The van der Waals surface area contributed by atoms with E-state index >= 15 is 0 Å². The molecule has 66 heavy (non-hydrogen) atoms. The zero-order valence-corrected chi connectivity index (χ0v) is 38.9. The van der Waals surface area contributed by atoms with Crippen LogP contribution in [0, 0.1) is 24.4 Å². The second kappa shape index (κ2) is 15.2. The third-order valence-electron chi connectivity index (χ3n) is 15.7. The highest BCUT2D eigenvalue weighted by Crippen LogP contribution is 2.58. The van der Waals surface area contributed by atoms with E-state index in [1.54, 1.807) is 18.2 Å². The highest BCUT2D eigenvalue weighted by atomic mass is 19.2. The topological polar surface area (TPSA) is 56.1 Å². The number of piperidine rings is 2. The third-order valence-corrected chi connectivity index (χ3v) is 15.7. The summed E-state index contributed by atoms with van der Waals surface area (Å²) >= 11 is 0. The van der Waals surface area contributed by atoms with Crippen LogP contribution >= 0.6 is 0 Å². The van der Waals surface area contributed by atoms with Crippen LogP contribution in [0.25, 0.3) is 21.5 Å². The molecule has 0 N–H and O–H groups in total. The molecule has 2 saturated heterocycles. The van der Waals surface area contributed by atoms with Crippen LogP contribution in [0.5, 0.6) is 11.5 Å². The van der Waals surface area contributed by atoms with Crippen LogP contribution in [0.4, 0.5) is 47.3 Å². The Hall–Kier alpha value is -6.23. The number of rotatable bonds is 2. The minimum atomic E-state index is -1.48. The number of nitrogens with zero attached hydrogens (tertiary/aromatic N) is 6. The van der Waals surface area contributed by atoms with E-state index in [9.17, 15) is 13.2 Å². The van der Waals surface area contributed by atoms with Crippen molar-refractivity contribution in [1.82, 2.24) is 0 Å². The van der Waals surface area contributed by atoms with Gasteiger partial charge in [-0.1, -0.05) is 60.7 Å². The van der Waals surface area contributed by atoms with Gasteiger partial charge in [-0.25, -0.2) is 13.2 Å². The van der Waals surface area contributed by atoms with Crippen LogP contribution in [-0.2, 0) is 10.8 Å². The minimum absolute atomic E-state index is 0.00385. The van der Waals surface area contributed by atoms with E-state index in [0.29, 0.717) is 17.0 Å². The average Bonchev–Trinajstić information content (AvgIpc) is 3.59.